The van der Waals surface area contributed by atoms with Crippen molar-refractivity contribution in [1.29, 1.82) is 0 Å². The lowest BCUT2D eigenvalue weighted by Crippen LogP contribution is -2.52. The van der Waals surface area contributed by atoms with Gasteiger partial charge in [-0.15, -0.1) is 0 Å². The molecule has 0 aliphatic carbocycles. The van der Waals surface area contributed by atoms with Crippen LogP contribution < -0.4 is 0 Å². The van der Waals surface area contributed by atoms with Gasteiger partial charge < -0.3 is 15.1 Å². The summed E-state index contributed by atoms with van der Waals surface area (Å²) in [5.74, 6) is -0.122. The lowest BCUT2D eigenvalue weighted by Gasteiger charge is -2.38. The number of nitrogens with zero attached hydrogens (tertiary/aromatic N) is 2. The van der Waals surface area contributed by atoms with Crippen molar-refractivity contribution < 1.29 is 15.0 Å². The topological polar surface area (TPSA) is 89.5 Å². The Morgan fingerprint density at radius 2 is 2.09 bits per heavy atom. The average Bonchev–Trinajstić information content (AvgIpc) is 3.09. The fourth-order valence-corrected chi connectivity index (χ4v) is 2.81. The summed E-state index contributed by atoms with van der Waals surface area (Å²) in [7, 11) is 0. The largest absolute Gasteiger partial charge is 0.393 e. The third kappa shape index (κ3) is 2.88. The van der Waals surface area contributed by atoms with E-state index in [4.69, 9.17) is 0 Å². The number of aromatic nitrogens is 2. The van der Waals surface area contributed by atoms with Gasteiger partial charge in [0.1, 0.15) is 5.60 Å². The van der Waals surface area contributed by atoms with Gasteiger partial charge in [-0.2, -0.15) is 5.10 Å². The molecule has 22 heavy (non-hydrogen) atoms. The van der Waals surface area contributed by atoms with Crippen LogP contribution in [0.15, 0.2) is 36.5 Å². The molecule has 1 atom stereocenters. The number of hydrogen-bond acceptors (Lipinski definition) is 4. The molecule has 1 aliphatic rings. The highest BCUT2D eigenvalue weighted by Crippen LogP contribution is 2.23. The minimum atomic E-state index is -1.18. The Kier molecular flexibility index (Phi) is 3.96. The van der Waals surface area contributed by atoms with Crippen LogP contribution >= 0.6 is 0 Å². The number of likely N-dealkylation sites (tertiary alicyclic amines) is 1. The van der Waals surface area contributed by atoms with Crippen LogP contribution in [0.5, 0.6) is 0 Å². The zero-order valence-corrected chi connectivity index (χ0v) is 12.2. The lowest BCUT2D eigenvalue weighted by atomic mass is 9.93. The number of rotatable bonds is 3. The minimum Gasteiger partial charge on any atom is -0.393 e. The first-order valence-electron chi connectivity index (χ1n) is 7.34. The summed E-state index contributed by atoms with van der Waals surface area (Å²) in [6.07, 6.45) is 2.89. The van der Waals surface area contributed by atoms with Gasteiger partial charge in [-0.1, -0.05) is 12.1 Å². The molecular weight excluding hydrogens is 282 g/mol. The smallest absolute Gasteiger partial charge is 0.253 e. The predicted octanol–water partition coefficient (Wildman–Crippen LogP) is 1.04. The Morgan fingerprint density at radius 1 is 1.32 bits per heavy atom. The van der Waals surface area contributed by atoms with E-state index in [0.717, 1.165) is 11.3 Å². The molecule has 1 unspecified atom stereocenters. The summed E-state index contributed by atoms with van der Waals surface area (Å²) in [5, 5.41) is 26.2. The highest BCUT2D eigenvalue weighted by Gasteiger charge is 2.34. The summed E-state index contributed by atoms with van der Waals surface area (Å²) in [6, 6.07) is 9.13. The molecule has 1 amide bonds. The van der Waals surface area contributed by atoms with E-state index in [1.165, 1.54) is 0 Å². The minimum absolute atomic E-state index is 0.122. The van der Waals surface area contributed by atoms with Crippen molar-refractivity contribution in [3.63, 3.8) is 0 Å². The van der Waals surface area contributed by atoms with Crippen LogP contribution in [-0.4, -0.2) is 56.5 Å². The molecule has 1 saturated heterocycles. The van der Waals surface area contributed by atoms with Crippen LogP contribution in [0.2, 0.25) is 0 Å². The van der Waals surface area contributed by atoms with E-state index < -0.39 is 5.60 Å². The highest BCUT2D eigenvalue weighted by atomic mass is 16.3. The fourth-order valence-electron chi connectivity index (χ4n) is 2.81. The van der Waals surface area contributed by atoms with Gasteiger partial charge in [0.25, 0.3) is 5.91 Å². The van der Waals surface area contributed by atoms with E-state index >= 15 is 0 Å². The van der Waals surface area contributed by atoms with Crippen LogP contribution in [0.1, 0.15) is 23.2 Å². The number of H-pyrrole nitrogens is 1. The number of β-amino-alcohol motifs (C(OH)–C–C–N with tert-alkyl or cyclic N) is 1. The summed E-state index contributed by atoms with van der Waals surface area (Å²) < 4.78 is 0. The number of hydrogen-bond donors (Lipinski definition) is 3. The Labute approximate surface area is 128 Å². The Hall–Kier alpha value is -2.18. The summed E-state index contributed by atoms with van der Waals surface area (Å²) in [4.78, 5) is 14.1. The van der Waals surface area contributed by atoms with Gasteiger partial charge in [0.15, 0.2) is 0 Å². The molecule has 0 spiro atoms. The second kappa shape index (κ2) is 5.90. The van der Waals surface area contributed by atoms with E-state index in [1.54, 1.807) is 23.2 Å². The van der Waals surface area contributed by atoms with Crippen molar-refractivity contribution in [2.75, 3.05) is 19.7 Å². The van der Waals surface area contributed by atoms with E-state index in [2.05, 4.69) is 10.2 Å². The standard InChI is InChI=1S/C16H19N3O3/c20-11-16(22)7-1-9-19(10-16)15(21)13-4-2-12(3-5-13)14-6-8-17-18-14/h2-6,8,20,22H,1,7,9-11H2,(H,17,18). The Balaban J connectivity index is 1.75. The van der Waals surface area contributed by atoms with Crippen LogP contribution in [0.25, 0.3) is 11.3 Å². The second-order valence-electron chi connectivity index (χ2n) is 5.76. The molecular formula is C16H19N3O3. The first-order chi connectivity index (χ1) is 10.6. The van der Waals surface area contributed by atoms with Crippen LogP contribution in [0.4, 0.5) is 0 Å². The number of carbonyl (C=O) groups excluding carboxylic acids is 1. The molecule has 0 bridgehead atoms. The number of benzene rings is 1. The molecule has 1 aromatic heterocycles. The zero-order chi connectivity index (χ0) is 15.6. The molecule has 3 rings (SSSR count). The van der Waals surface area contributed by atoms with Gasteiger partial charge >= 0.3 is 0 Å². The Bertz CT molecular complexity index is 639. The third-order valence-electron chi connectivity index (χ3n) is 4.08. The van der Waals surface area contributed by atoms with E-state index in [-0.39, 0.29) is 19.1 Å². The van der Waals surface area contributed by atoms with E-state index in [0.29, 0.717) is 24.9 Å². The first-order valence-corrected chi connectivity index (χ1v) is 7.34. The molecule has 0 radical (unpaired) electrons. The second-order valence-corrected chi connectivity index (χ2v) is 5.76. The van der Waals surface area contributed by atoms with Gasteiger partial charge in [0.2, 0.25) is 0 Å². The van der Waals surface area contributed by atoms with Crippen molar-refractivity contribution in [3.05, 3.63) is 42.1 Å². The normalized spacial score (nSPS) is 21.8. The lowest BCUT2D eigenvalue weighted by molar-refractivity contribution is -0.0598. The molecule has 6 heteroatoms. The Morgan fingerprint density at radius 3 is 2.73 bits per heavy atom. The number of aliphatic hydroxyl groups excluding tert-OH is 1. The molecule has 0 saturated carbocycles. The number of piperidine rings is 1. The van der Waals surface area contributed by atoms with Gasteiger partial charge in [0, 0.05) is 18.3 Å². The molecule has 6 nitrogen and oxygen atoms in total. The van der Waals surface area contributed by atoms with E-state index in [9.17, 15) is 15.0 Å². The number of amides is 1. The molecule has 2 heterocycles. The van der Waals surface area contributed by atoms with Crippen molar-refractivity contribution in [3.8, 4) is 11.3 Å². The highest BCUT2D eigenvalue weighted by molar-refractivity contribution is 5.94. The summed E-state index contributed by atoms with van der Waals surface area (Å²) in [5.41, 5.74) is 1.25. The van der Waals surface area contributed by atoms with E-state index in [1.807, 2.05) is 18.2 Å². The fraction of sp³-hybridized carbons (Fsp3) is 0.375. The zero-order valence-electron chi connectivity index (χ0n) is 12.2. The number of nitrogens with one attached hydrogen (secondary N) is 1. The van der Waals surface area contributed by atoms with Crippen molar-refractivity contribution >= 4 is 5.91 Å². The maximum absolute atomic E-state index is 12.5. The maximum atomic E-state index is 12.5. The quantitative estimate of drug-likeness (QED) is 0.790. The number of aliphatic hydroxyl groups is 2. The average molecular weight is 301 g/mol. The van der Waals surface area contributed by atoms with Gasteiger partial charge in [-0.05, 0) is 36.6 Å². The predicted molar refractivity (Wildman–Crippen MR) is 81.2 cm³/mol. The monoisotopic (exact) mass is 301 g/mol. The van der Waals surface area contributed by atoms with Crippen molar-refractivity contribution in [1.82, 2.24) is 15.1 Å². The van der Waals surface area contributed by atoms with Crippen LogP contribution in [0.3, 0.4) is 0 Å². The molecule has 116 valence electrons. The summed E-state index contributed by atoms with van der Waals surface area (Å²) in [6.45, 7) is 0.448. The van der Waals surface area contributed by atoms with Gasteiger partial charge in [-0.3, -0.25) is 9.89 Å². The number of aromatic amines is 1. The van der Waals surface area contributed by atoms with Crippen LogP contribution in [0, 0.1) is 0 Å². The van der Waals surface area contributed by atoms with Crippen molar-refractivity contribution in [2.45, 2.75) is 18.4 Å². The third-order valence-corrected chi connectivity index (χ3v) is 4.08. The first kappa shape index (κ1) is 14.7. The van der Waals surface area contributed by atoms with Gasteiger partial charge in [-0.25, -0.2) is 0 Å². The summed E-state index contributed by atoms with van der Waals surface area (Å²) >= 11 is 0. The molecule has 2 aromatic rings. The van der Waals surface area contributed by atoms with Crippen LogP contribution in [-0.2, 0) is 0 Å². The maximum Gasteiger partial charge on any atom is 0.253 e. The SMILES string of the molecule is O=C(c1ccc(-c2ccn[nH]2)cc1)N1CCCC(O)(CO)C1. The number of carbonyl (C=O) groups is 1. The molecule has 1 aromatic carbocycles. The molecule has 3 N–H and O–H groups in total. The molecule has 1 aliphatic heterocycles. The van der Waals surface area contributed by atoms with Crippen molar-refractivity contribution in [2.24, 2.45) is 0 Å². The molecule has 1 fully saturated rings. The van der Waals surface area contributed by atoms with Gasteiger partial charge in [0.05, 0.1) is 18.8 Å².